The minimum absolute atomic E-state index is 0.116. The van der Waals surface area contributed by atoms with Gasteiger partial charge < -0.3 is 15.1 Å². The summed E-state index contributed by atoms with van der Waals surface area (Å²) in [6, 6.07) is 6.47. The number of anilines is 1. The Labute approximate surface area is 149 Å². The minimum atomic E-state index is 0.116. The molecule has 5 nitrogen and oxygen atoms in total. The van der Waals surface area contributed by atoms with Gasteiger partial charge in [-0.15, -0.1) is 0 Å². The molecule has 0 spiro atoms. The number of nitrogens with zero attached hydrogens (tertiary/aromatic N) is 3. The molecule has 1 saturated heterocycles. The Balaban J connectivity index is 1.48. The van der Waals surface area contributed by atoms with Gasteiger partial charge in [0.25, 0.3) is 0 Å². The van der Waals surface area contributed by atoms with E-state index in [1.54, 1.807) is 0 Å². The third kappa shape index (κ3) is 4.56. The summed E-state index contributed by atoms with van der Waals surface area (Å²) >= 11 is 2.03. The van der Waals surface area contributed by atoms with Gasteiger partial charge in [-0.25, -0.2) is 9.78 Å². The van der Waals surface area contributed by atoms with Crippen LogP contribution in [0.2, 0.25) is 0 Å². The normalized spacial score (nSPS) is 24.7. The van der Waals surface area contributed by atoms with Gasteiger partial charge in [-0.05, 0) is 43.6 Å². The summed E-state index contributed by atoms with van der Waals surface area (Å²) in [6.45, 7) is 5.61. The van der Waals surface area contributed by atoms with Crippen LogP contribution in [0.15, 0.2) is 24.4 Å². The standard InChI is InChI=1S/C18H28N4OS/c1-2-24-16-8-7-15(14-16)20-18(23)22-11-5-10-21(12-13-22)17-6-3-4-9-19-17/h3-4,6,9,15-16H,2,5,7-8,10-14H2,1H3,(H,20,23)/t15-,16-/m0/s1. The van der Waals surface area contributed by atoms with Gasteiger partial charge in [-0.1, -0.05) is 13.0 Å². The highest BCUT2D eigenvalue weighted by atomic mass is 32.2. The van der Waals surface area contributed by atoms with Gasteiger partial charge in [-0.3, -0.25) is 0 Å². The molecule has 2 fully saturated rings. The van der Waals surface area contributed by atoms with Crippen LogP contribution in [0, 0.1) is 0 Å². The van der Waals surface area contributed by atoms with E-state index in [1.165, 1.54) is 12.2 Å². The van der Waals surface area contributed by atoms with Crippen molar-refractivity contribution >= 4 is 23.6 Å². The van der Waals surface area contributed by atoms with Gasteiger partial charge >= 0.3 is 6.03 Å². The molecule has 1 aromatic heterocycles. The maximum atomic E-state index is 12.6. The molecule has 0 aromatic carbocycles. The van der Waals surface area contributed by atoms with E-state index in [0.29, 0.717) is 6.04 Å². The van der Waals surface area contributed by atoms with Crippen LogP contribution in [0.3, 0.4) is 0 Å². The highest BCUT2D eigenvalue weighted by molar-refractivity contribution is 7.99. The van der Waals surface area contributed by atoms with Crippen LogP contribution in [0.4, 0.5) is 10.6 Å². The fourth-order valence-electron chi connectivity index (χ4n) is 3.61. The molecule has 2 amide bonds. The predicted molar refractivity (Wildman–Crippen MR) is 101 cm³/mol. The van der Waals surface area contributed by atoms with E-state index in [9.17, 15) is 4.79 Å². The first kappa shape index (κ1) is 17.4. The van der Waals surface area contributed by atoms with E-state index < -0.39 is 0 Å². The second kappa shape index (κ2) is 8.60. The smallest absolute Gasteiger partial charge is 0.317 e. The Morgan fingerprint density at radius 3 is 3.00 bits per heavy atom. The Kier molecular flexibility index (Phi) is 6.24. The zero-order chi connectivity index (χ0) is 16.8. The maximum Gasteiger partial charge on any atom is 0.317 e. The number of hydrogen-bond acceptors (Lipinski definition) is 4. The van der Waals surface area contributed by atoms with E-state index >= 15 is 0 Å². The summed E-state index contributed by atoms with van der Waals surface area (Å²) in [4.78, 5) is 21.3. The van der Waals surface area contributed by atoms with Crippen LogP contribution >= 0.6 is 11.8 Å². The van der Waals surface area contributed by atoms with Crippen molar-refractivity contribution in [2.45, 2.75) is 43.9 Å². The van der Waals surface area contributed by atoms with Crippen molar-refractivity contribution < 1.29 is 4.79 Å². The van der Waals surface area contributed by atoms with Crippen LogP contribution in [-0.2, 0) is 0 Å². The summed E-state index contributed by atoms with van der Waals surface area (Å²) < 4.78 is 0. The number of thioether (sulfide) groups is 1. The molecule has 6 heteroatoms. The van der Waals surface area contributed by atoms with E-state index in [2.05, 4.69) is 22.1 Å². The number of hydrogen-bond donors (Lipinski definition) is 1. The first-order valence-corrected chi connectivity index (χ1v) is 10.1. The number of carbonyl (C=O) groups excluding carboxylic acids is 1. The van der Waals surface area contributed by atoms with Crippen LogP contribution in [-0.4, -0.2) is 59.1 Å². The fraction of sp³-hybridized carbons (Fsp3) is 0.667. The van der Waals surface area contributed by atoms with Gasteiger partial charge in [0.05, 0.1) is 0 Å². The van der Waals surface area contributed by atoms with Crippen molar-refractivity contribution in [2.24, 2.45) is 0 Å². The highest BCUT2D eigenvalue weighted by Gasteiger charge is 2.28. The van der Waals surface area contributed by atoms with Crippen molar-refractivity contribution in [3.63, 3.8) is 0 Å². The average Bonchev–Trinajstić information content (AvgIpc) is 2.89. The predicted octanol–water partition coefficient (Wildman–Crippen LogP) is 2.98. The second-order valence-electron chi connectivity index (χ2n) is 6.55. The summed E-state index contributed by atoms with van der Waals surface area (Å²) in [6.07, 6.45) is 6.30. The number of carbonyl (C=O) groups is 1. The number of amides is 2. The first-order valence-electron chi connectivity index (χ1n) is 9.09. The largest absolute Gasteiger partial charge is 0.355 e. The zero-order valence-corrected chi connectivity index (χ0v) is 15.3. The molecule has 0 radical (unpaired) electrons. The second-order valence-corrected chi connectivity index (χ2v) is 8.13. The lowest BCUT2D eigenvalue weighted by molar-refractivity contribution is 0.197. The van der Waals surface area contributed by atoms with Gasteiger partial charge in [0.15, 0.2) is 0 Å². The first-order chi connectivity index (χ1) is 11.8. The minimum Gasteiger partial charge on any atom is -0.355 e. The third-order valence-corrected chi connectivity index (χ3v) is 6.10. The summed E-state index contributed by atoms with van der Waals surface area (Å²) in [5, 5.41) is 3.98. The van der Waals surface area contributed by atoms with Gasteiger partial charge in [0, 0.05) is 43.7 Å². The molecule has 1 aromatic rings. The zero-order valence-electron chi connectivity index (χ0n) is 14.5. The Morgan fingerprint density at radius 1 is 1.29 bits per heavy atom. The summed E-state index contributed by atoms with van der Waals surface area (Å²) in [5.41, 5.74) is 0. The molecule has 0 bridgehead atoms. The van der Waals surface area contributed by atoms with E-state index in [-0.39, 0.29) is 6.03 Å². The van der Waals surface area contributed by atoms with Crippen LogP contribution in [0.25, 0.3) is 0 Å². The molecule has 1 aliphatic heterocycles. The van der Waals surface area contributed by atoms with Gasteiger partial charge in [-0.2, -0.15) is 11.8 Å². The van der Waals surface area contributed by atoms with E-state index in [4.69, 9.17) is 0 Å². The monoisotopic (exact) mass is 348 g/mol. The lowest BCUT2D eigenvalue weighted by atomic mass is 10.2. The van der Waals surface area contributed by atoms with Crippen molar-refractivity contribution in [2.75, 3.05) is 36.8 Å². The molecule has 132 valence electrons. The summed E-state index contributed by atoms with van der Waals surface area (Å²) in [5.74, 6) is 2.18. The lowest BCUT2D eigenvalue weighted by Crippen LogP contribution is -2.45. The third-order valence-electron chi connectivity index (χ3n) is 4.87. The Morgan fingerprint density at radius 2 is 2.21 bits per heavy atom. The lowest BCUT2D eigenvalue weighted by Gasteiger charge is -2.24. The van der Waals surface area contributed by atoms with Gasteiger partial charge in [0.1, 0.15) is 5.82 Å². The van der Waals surface area contributed by atoms with Crippen molar-refractivity contribution in [3.8, 4) is 0 Å². The number of rotatable bonds is 4. The van der Waals surface area contributed by atoms with Crippen LogP contribution in [0.1, 0.15) is 32.6 Å². The summed E-state index contributed by atoms with van der Waals surface area (Å²) in [7, 11) is 0. The topological polar surface area (TPSA) is 48.5 Å². The molecule has 3 rings (SSSR count). The number of aromatic nitrogens is 1. The molecule has 2 aliphatic rings. The maximum absolute atomic E-state index is 12.6. The van der Waals surface area contributed by atoms with Crippen molar-refractivity contribution in [1.29, 1.82) is 0 Å². The quantitative estimate of drug-likeness (QED) is 0.909. The fourth-order valence-corrected chi connectivity index (χ4v) is 4.76. The molecule has 2 atom stereocenters. The molecule has 0 unspecified atom stereocenters. The van der Waals surface area contributed by atoms with E-state index in [0.717, 1.165) is 56.5 Å². The highest BCUT2D eigenvalue weighted by Crippen LogP contribution is 2.29. The van der Waals surface area contributed by atoms with E-state index in [1.807, 2.05) is 41.1 Å². The van der Waals surface area contributed by atoms with Crippen LogP contribution < -0.4 is 10.2 Å². The Bertz CT molecular complexity index is 527. The molecule has 2 heterocycles. The molecule has 24 heavy (non-hydrogen) atoms. The molecule has 1 saturated carbocycles. The van der Waals surface area contributed by atoms with Crippen LogP contribution in [0.5, 0.6) is 0 Å². The SMILES string of the molecule is CCS[C@H]1CC[C@H](NC(=O)N2CCCN(c3ccccn3)CC2)C1. The number of pyridine rings is 1. The molecular weight excluding hydrogens is 320 g/mol. The number of urea groups is 1. The van der Waals surface area contributed by atoms with Gasteiger partial charge in [0.2, 0.25) is 0 Å². The number of nitrogens with one attached hydrogen (secondary N) is 1. The molecule has 1 N–H and O–H groups in total. The molecule has 1 aliphatic carbocycles. The molecular formula is C18H28N4OS. The Hall–Kier alpha value is -1.43. The average molecular weight is 349 g/mol. The van der Waals surface area contributed by atoms with Crippen molar-refractivity contribution in [1.82, 2.24) is 15.2 Å². The van der Waals surface area contributed by atoms with Crippen molar-refractivity contribution in [3.05, 3.63) is 24.4 Å².